The molecule has 1 heterocycles. The van der Waals surface area contributed by atoms with E-state index in [4.69, 9.17) is 10.00 Å². The Hall–Kier alpha value is -2.02. The number of carbonyl (C=O) groups excluding carboxylic acids is 1. The summed E-state index contributed by atoms with van der Waals surface area (Å²) in [6.07, 6.45) is 2.08. The molecule has 18 heavy (non-hydrogen) atoms. The van der Waals surface area contributed by atoms with Crippen LogP contribution in [0.2, 0.25) is 0 Å². The van der Waals surface area contributed by atoms with E-state index in [2.05, 4.69) is 11.4 Å². The third-order valence-corrected chi connectivity index (χ3v) is 3.55. The van der Waals surface area contributed by atoms with Gasteiger partial charge in [0.15, 0.2) is 0 Å². The van der Waals surface area contributed by atoms with Gasteiger partial charge in [-0.15, -0.1) is 0 Å². The number of nitrogens with one attached hydrogen (secondary N) is 1. The molecule has 92 valence electrons. The van der Waals surface area contributed by atoms with Crippen LogP contribution < -0.4 is 10.1 Å². The van der Waals surface area contributed by atoms with Crippen LogP contribution in [0.1, 0.15) is 24.3 Å². The Morgan fingerprint density at radius 2 is 2.22 bits per heavy atom. The van der Waals surface area contributed by atoms with Crippen molar-refractivity contribution >= 4 is 5.91 Å². The second kappa shape index (κ2) is 4.34. The van der Waals surface area contributed by atoms with Gasteiger partial charge < -0.3 is 10.1 Å². The predicted octanol–water partition coefficient (Wildman–Crippen LogP) is 1.58. The van der Waals surface area contributed by atoms with Gasteiger partial charge in [-0.05, 0) is 24.8 Å². The van der Waals surface area contributed by atoms with Crippen molar-refractivity contribution < 1.29 is 9.53 Å². The maximum atomic E-state index is 12.2. The van der Waals surface area contributed by atoms with Gasteiger partial charge in [0.05, 0.1) is 6.07 Å². The number of hydrogen-bond acceptors (Lipinski definition) is 3. The van der Waals surface area contributed by atoms with Gasteiger partial charge >= 0.3 is 0 Å². The van der Waals surface area contributed by atoms with Gasteiger partial charge in [0.2, 0.25) is 5.91 Å². The molecule has 1 aliphatic carbocycles. The first kappa shape index (κ1) is 11.1. The number of fused-ring (bicyclic) bond motifs is 1. The van der Waals surface area contributed by atoms with E-state index in [0.29, 0.717) is 12.5 Å². The SMILES string of the molecule is N#C[C@@H](NC(=O)[C@H]1COc2ccccc21)C1CC1. The average molecular weight is 242 g/mol. The van der Waals surface area contributed by atoms with E-state index in [1.165, 1.54) is 0 Å². The van der Waals surface area contributed by atoms with E-state index in [-0.39, 0.29) is 17.9 Å². The molecule has 1 aromatic carbocycles. The number of benzene rings is 1. The van der Waals surface area contributed by atoms with E-state index in [9.17, 15) is 4.79 Å². The van der Waals surface area contributed by atoms with Crippen LogP contribution in [0.15, 0.2) is 24.3 Å². The van der Waals surface area contributed by atoms with E-state index < -0.39 is 0 Å². The lowest BCUT2D eigenvalue weighted by atomic mass is 10.00. The van der Waals surface area contributed by atoms with Crippen molar-refractivity contribution in [3.05, 3.63) is 29.8 Å². The average Bonchev–Trinajstić information content (AvgIpc) is 3.14. The lowest BCUT2D eigenvalue weighted by Crippen LogP contribution is -2.39. The van der Waals surface area contributed by atoms with Gasteiger partial charge in [-0.25, -0.2) is 0 Å². The summed E-state index contributed by atoms with van der Waals surface area (Å²) < 4.78 is 5.48. The summed E-state index contributed by atoms with van der Waals surface area (Å²) in [4.78, 5) is 12.2. The predicted molar refractivity (Wildman–Crippen MR) is 64.9 cm³/mol. The first-order valence-corrected chi connectivity index (χ1v) is 6.21. The lowest BCUT2D eigenvalue weighted by molar-refractivity contribution is -0.123. The fourth-order valence-electron chi connectivity index (χ4n) is 2.32. The Morgan fingerprint density at radius 3 is 2.94 bits per heavy atom. The number of carbonyl (C=O) groups is 1. The topological polar surface area (TPSA) is 62.1 Å². The number of nitriles is 1. The van der Waals surface area contributed by atoms with Crippen LogP contribution in [-0.2, 0) is 4.79 Å². The van der Waals surface area contributed by atoms with Gasteiger partial charge in [0.25, 0.3) is 0 Å². The minimum Gasteiger partial charge on any atom is -0.492 e. The summed E-state index contributed by atoms with van der Waals surface area (Å²) >= 11 is 0. The second-order valence-corrected chi connectivity index (χ2v) is 4.85. The molecule has 2 atom stereocenters. The standard InChI is InChI=1S/C14H14N2O2/c15-7-12(9-5-6-9)16-14(17)11-8-18-13-4-2-1-3-10(11)13/h1-4,9,11-12H,5-6,8H2,(H,16,17)/t11-,12+/m0/s1. The van der Waals surface area contributed by atoms with Crippen molar-refractivity contribution in [2.45, 2.75) is 24.8 Å². The molecule has 4 nitrogen and oxygen atoms in total. The number of para-hydroxylation sites is 1. The van der Waals surface area contributed by atoms with Gasteiger partial charge in [-0.2, -0.15) is 5.26 Å². The van der Waals surface area contributed by atoms with E-state index >= 15 is 0 Å². The summed E-state index contributed by atoms with van der Waals surface area (Å²) in [5, 5.41) is 11.9. The van der Waals surface area contributed by atoms with Gasteiger partial charge in [-0.3, -0.25) is 4.79 Å². The van der Waals surface area contributed by atoms with Gasteiger partial charge in [0.1, 0.15) is 24.3 Å². The van der Waals surface area contributed by atoms with Crippen molar-refractivity contribution in [3.63, 3.8) is 0 Å². The lowest BCUT2D eigenvalue weighted by Gasteiger charge is -2.14. The normalized spacial score (nSPS) is 22.5. The molecule has 1 saturated carbocycles. The van der Waals surface area contributed by atoms with E-state index in [1.807, 2.05) is 24.3 Å². The Labute approximate surface area is 106 Å². The first-order valence-electron chi connectivity index (χ1n) is 6.21. The van der Waals surface area contributed by atoms with Crippen LogP contribution in [0.3, 0.4) is 0 Å². The molecule has 1 amide bonds. The highest BCUT2D eigenvalue weighted by Gasteiger charge is 2.36. The Bertz CT molecular complexity index is 517. The number of rotatable bonds is 3. The molecule has 0 radical (unpaired) electrons. The monoisotopic (exact) mass is 242 g/mol. The molecular formula is C14H14N2O2. The van der Waals surface area contributed by atoms with Crippen molar-refractivity contribution in [2.24, 2.45) is 5.92 Å². The zero-order chi connectivity index (χ0) is 12.5. The molecule has 0 unspecified atom stereocenters. The van der Waals surface area contributed by atoms with Crippen LogP contribution in [0.25, 0.3) is 0 Å². The summed E-state index contributed by atoms with van der Waals surface area (Å²) in [7, 11) is 0. The Morgan fingerprint density at radius 1 is 1.44 bits per heavy atom. The minimum absolute atomic E-state index is 0.0987. The molecule has 3 rings (SSSR count). The van der Waals surface area contributed by atoms with Gasteiger partial charge in [-0.1, -0.05) is 18.2 Å². The number of nitrogens with zero attached hydrogens (tertiary/aromatic N) is 1. The summed E-state index contributed by atoms with van der Waals surface area (Å²) in [5.41, 5.74) is 0.919. The zero-order valence-electron chi connectivity index (χ0n) is 9.93. The molecule has 1 fully saturated rings. The van der Waals surface area contributed by atoms with E-state index in [1.54, 1.807) is 0 Å². The molecule has 4 heteroatoms. The molecule has 1 aromatic rings. The molecule has 2 aliphatic rings. The van der Waals surface area contributed by atoms with Crippen LogP contribution >= 0.6 is 0 Å². The quantitative estimate of drug-likeness (QED) is 0.875. The molecule has 0 aromatic heterocycles. The Kier molecular flexibility index (Phi) is 2.67. The summed E-state index contributed by atoms with van der Waals surface area (Å²) in [5.74, 6) is 0.739. The van der Waals surface area contributed by atoms with Crippen molar-refractivity contribution in [1.82, 2.24) is 5.32 Å². The maximum Gasteiger partial charge on any atom is 0.232 e. The fraction of sp³-hybridized carbons (Fsp3) is 0.429. The smallest absolute Gasteiger partial charge is 0.232 e. The largest absolute Gasteiger partial charge is 0.492 e. The molecule has 0 spiro atoms. The minimum atomic E-state index is -0.342. The fourth-order valence-corrected chi connectivity index (χ4v) is 2.32. The van der Waals surface area contributed by atoms with Crippen LogP contribution in [0, 0.1) is 17.2 Å². The highest BCUT2D eigenvalue weighted by atomic mass is 16.5. The third-order valence-electron chi connectivity index (χ3n) is 3.55. The number of ether oxygens (including phenoxy) is 1. The van der Waals surface area contributed by atoms with Crippen LogP contribution in [-0.4, -0.2) is 18.6 Å². The molecule has 0 saturated heterocycles. The third kappa shape index (κ3) is 1.92. The number of amides is 1. The first-order chi connectivity index (χ1) is 8.79. The highest BCUT2D eigenvalue weighted by molar-refractivity contribution is 5.86. The van der Waals surface area contributed by atoms with E-state index in [0.717, 1.165) is 24.2 Å². The summed E-state index contributed by atoms with van der Waals surface area (Å²) in [6, 6.07) is 9.39. The van der Waals surface area contributed by atoms with Crippen LogP contribution in [0.4, 0.5) is 0 Å². The van der Waals surface area contributed by atoms with Gasteiger partial charge in [0, 0.05) is 5.56 Å². The number of hydrogen-bond donors (Lipinski definition) is 1. The molecule has 0 bridgehead atoms. The molecule has 1 N–H and O–H groups in total. The highest BCUT2D eigenvalue weighted by Crippen LogP contribution is 2.35. The van der Waals surface area contributed by atoms with Crippen LogP contribution in [0.5, 0.6) is 5.75 Å². The second-order valence-electron chi connectivity index (χ2n) is 4.85. The zero-order valence-corrected chi connectivity index (χ0v) is 9.93. The summed E-state index contributed by atoms with van der Waals surface area (Å²) in [6.45, 7) is 0.369. The van der Waals surface area contributed by atoms with Crippen molar-refractivity contribution in [3.8, 4) is 11.8 Å². The molecular weight excluding hydrogens is 228 g/mol. The maximum absolute atomic E-state index is 12.2. The van der Waals surface area contributed by atoms with Crippen molar-refractivity contribution in [2.75, 3.05) is 6.61 Å². The molecule has 1 aliphatic heterocycles. The van der Waals surface area contributed by atoms with Crippen molar-refractivity contribution in [1.29, 1.82) is 5.26 Å². The Balaban J connectivity index is 1.72.